The maximum atomic E-state index is 9.71. The predicted molar refractivity (Wildman–Crippen MR) is 190 cm³/mol. The number of benzene rings is 8. The third-order valence-electron chi connectivity index (χ3n) is 8.19. The lowest BCUT2D eigenvalue weighted by atomic mass is 9.85. The van der Waals surface area contributed by atoms with Crippen molar-refractivity contribution in [2.75, 3.05) is 0 Å². The molecule has 0 N–H and O–H groups in total. The zero-order valence-corrected chi connectivity index (χ0v) is 23.8. The van der Waals surface area contributed by atoms with E-state index < -0.39 is 0 Å². The lowest BCUT2D eigenvalue weighted by molar-refractivity contribution is 0.669. The van der Waals surface area contributed by atoms with Crippen LogP contribution in [0, 0.1) is 0 Å². The summed E-state index contributed by atoms with van der Waals surface area (Å²) >= 11 is 0. The number of hydrogen-bond acceptors (Lipinski definition) is 1. The van der Waals surface area contributed by atoms with Gasteiger partial charge in [-0.25, -0.2) is 0 Å². The molecule has 0 spiro atoms. The molecule has 0 fully saturated rings. The van der Waals surface area contributed by atoms with Crippen LogP contribution in [0.3, 0.4) is 0 Å². The van der Waals surface area contributed by atoms with Gasteiger partial charge in [0.1, 0.15) is 11.2 Å². The minimum absolute atomic E-state index is 0.0392. The van der Waals surface area contributed by atoms with Crippen LogP contribution in [0.1, 0.15) is 13.7 Å². The summed E-state index contributed by atoms with van der Waals surface area (Å²) in [7, 11) is 0. The summed E-state index contributed by atoms with van der Waals surface area (Å²) < 4.78 is 97.8. The molecular formula is C44H28O. The highest BCUT2D eigenvalue weighted by Gasteiger charge is 2.18. The zero-order chi connectivity index (χ0) is 38.4. The van der Waals surface area contributed by atoms with E-state index >= 15 is 0 Å². The first-order valence-electron chi connectivity index (χ1n) is 19.6. The van der Waals surface area contributed by atoms with Crippen molar-refractivity contribution in [1.82, 2.24) is 0 Å². The van der Waals surface area contributed by atoms with E-state index in [0.29, 0.717) is 43.8 Å². The van der Waals surface area contributed by atoms with E-state index in [1.165, 1.54) is 0 Å². The first-order valence-corrected chi connectivity index (χ1v) is 14.6. The summed E-state index contributed by atoms with van der Waals surface area (Å²) in [4.78, 5) is 0. The second kappa shape index (κ2) is 10.4. The average Bonchev–Trinajstić information content (AvgIpc) is 3.62. The number of rotatable bonds is 4. The molecule has 0 amide bonds. The van der Waals surface area contributed by atoms with Gasteiger partial charge in [-0.2, -0.15) is 0 Å². The second-order valence-electron chi connectivity index (χ2n) is 10.8. The second-order valence-corrected chi connectivity index (χ2v) is 10.8. The number of hydrogen-bond donors (Lipinski definition) is 0. The fourth-order valence-electron chi connectivity index (χ4n) is 6.15. The molecule has 0 atom stereocenters. The van der Waals surface area contributed by atoms with Crippen LogP contribution in [-0.4, -0.2) is 0 Å². The SMILES string of the molecule is [2H]c1c([2H])c(-c2ccccc2)c([2H])c(-c2c3ccccc3c(-c3c([2H])c([2H])c4oc5c([2H])c(-c6ccccc6)c([2H])c([2H])c5c4c3[2H])c3ccccc23)c1[2H]. The van der Waals surface area contributed by atoms with E-state index in [1.54, 1.807) is 60.7 Å². The van der Waals surface area contributed by atoms with Crippen molar-refractivity contribution < 1.29 is 18.1 Å². The fraction of sp³-hybridized carbons (Fsp3) is 0. The van der Waals surface area contributed by atoms with E-state index in [1.807, 2.05) is 48.5 Å². The van der Waals surface area contributed by atoms with E-state index in [0.717, 1.165) is 0 Å². The van der Waals surface area contributed by atoms with Crippen LogP contribution in [0.5, 0.6) is 0 Å². The molecule has 9 rings (SSSR count). The molecule has 0 aliphatic heterocycles. The third kappa shape index (κ3) is 4.24. The summed E-state index contributed by atoms with van der Waals surface area (Å²) in [5.74, 6) is 0. The third-order valence-corrected chi connectivity index (χ3v) is 8.19. The molecule has 0 saturated carbocycles. The van der Waals surface area contributed by atoms with Gasteiger partial charge in [-0.15, -0.1) is 0 Å². The minimum atomic E-state index is -0.333. The lowest BCUT2D eigenvalue weighted by Crippen LogP contribution is -1.91. The Hall–Kier alpha value is -5.92. The Morgan fingerprint density at radius 1 is 0.333 bits per heavy atom. The van der Waals surface area contributed by atoms with Crippen LogP contribution >= 0.6 is 0 Å². The fourth-order valence-corrected chi connectivity index (χ4v) is 6.15. The van der Waals surface area contributed by atoms with E-state index in [-0.39, 0.29) is 105 Å². The van der Waals surface area contributed by atoms with Gasteiger partial charge in [0.25, 0.3) is 0 Å². The lowest BCUT2D eigenvalue weighted by Gasteiger charge is -2.18. The number of fused-ring (bicyclic) bond motifs is 5. The molecule has 0 aliphatic carbocycles. The Bertz CT molecular complexity index is 3030. The van der Waals surface area contributed by atoms with Crippen LogP contribution in [0.4, 0.5) is 0 Å². The normalized spacial score (nSPS) is 14.7. The molecule has 0 bridgehead atoms. The van der Waals surface area contributed by atoms with Crippen molar-refractivity contribution >= 4 is 43.5 Å². The smallest absolute Gasteiger partial charge is 0.136 e. The van der Waals surface area contributed by atoms with Crippen molar-refractivity contribution in [2.45, 2.75) is 0 Å². The Morgan fingerprint density at radius 3 is 1.42 bits per heavy atom. The van der Waals surface area contributed by atoms with Crippen molar-refractivity contribution in [3.63, 3.8) is 0 Å². The molecule has 45 heavy (non-hydrogen) atoms. The van der Waals surface area contributed by atoms with Crippen LogP contribution < -0.4 is 0 Å². The minimum Gasteiger partial charge on any atom is -0.456 e. The van der Waals surface area contributed by atoms with Crippen molar-refractivity contribution in [1.29, 1.82) is 0 Å². The highest BCUT2D eigenvalue weighted by atomic mass is 16.3. The van der Waals surface area contributed by atoms with Gasteiger partial charge in [-0.05, 0) is 96.3 Å². The van der Waals surface area contributed by atoms with E-state index in [9.17, 15) is 5.48 Å². The van der Waals surface area contributed by atoms with Gasteiger partial charge < -0.3 is 4.42 Å². The molecule has 0 saturated heterocycles. The highest BCUT2D eigenvalue weighted by Crippen LogP contribution is 2.45. The molecule has 1 aromatic heterocycles. The first-order chi connectivity index (χ1) is 26.5. The van der Waals surface area contributed by atoms with Crippen molar-refractivity contribution in [2.24, 2.45) is 0 Å². The van der Waals surface area contributed by atoms with Crippen LogP contribution in [0.15, 0.2) is 174 Å². The summed E-state index contributed by atoms with van der Waals surface area (Å²) in [6.07, 6.45) is 0. The first kappa shape index (κ1) is 17.4. The molecule has 0 aliphatic rings. The van der Waals surface area contributed by atoms with Gasteiger partial charge >= 0.3 is 0 Å². The maximum Gasteiger partial charge on any atom is 0.136 e. The standard InChI is InChI=1S/C44H28O/c1-3-12-29(13-4-1)31-16-11-17-33(26-31)43-36-18-7-9-20-38(36)44(39-21-10-8-19-37(39)43)34-23-25-41-40(27-34)35-24-22-32(28-42(35)45-41)30-14-5-2-6-15-30/h1-28H/i11D,16D,17D,22D,23D,24D,25D,26D,27D,28D. The van der Waals surface area contributed by atoms with Gasteiger partial charge in [-0.3, -0.25) is 0 Å². The highest BCUT2D eigenvalue weighted by molar-refractivity contribution is 6.22. The molecule has 0 unspecified atom stereocenters. The van der Waals surface area contributed by atoms with Crippen LogP contribution in [0.2, 0.25) is 0 Å². The van der Waals surface area contributed by atoms with Gasteiger partial charge in [0.15, 0.2) is 0 Å². The van der Waals surface area contributed by atoms with Crippen LogP contribution in [0.25, 0.3) is 88.0 Å². The Labute approximate surface area is 275 Å². The predicted octanol–water partition coefficient (Wildman–Crippen LogP) is 12.6. The molecule has 1 nitrogen and oxygen atoms in total. The molecule has 210 valence electrons. The number of furan rings is 1. The Morgan fingerprint density at radius 2 is 0.822 bits per heavy atom. The van der Waals surface area contributed by atoms with E-state index in [2.05, 4.69) is 0 Å². The van der Waals surface area contributed by atoms with E-state index in [4.69, 9.17) is 12.6 Å². The Balaban J connectivity index is 1.42. The molecule has 0 radical (unpaired) electrons. The van der Waals surface area contributed by atoms with Gasteiger partial charge in [0, 0.05) is 10.8 Å². The summed E-state index contributed by atoms with van der Waals surface area (Å²) in [5, 5.41) is 2.39. The summed E-state index contributed by atoms with van der Waals surface area (Å²) in [5.41, 5.74) is 2.62. The molecule has 8 aromatic carbocycles. The Kier molecular flexibility index (Phi) is 4.01. The summed E-state index contributed by atoms with van der Waals surface area (Å²) in [6, 6.07) is 30.0. The molecule has 1 heterocycles. The quantitative estimate of drug-likeness (QED) is 0.188. The average molecular weight is 583 g/mol. The monoisotopic (exact) mass is 582 g/mol. The van der Waals surface area contributed by atoms with Crippen molar-refractivity contribution in [3.05, 3.63) is 170 Å². The van der Waals surface area contributed by atoms with Crippen molar-refractivity contribution in [3.8, 4) is 44.5 Å². The van der Waals surface area contributed by atoms with Gasteiger partial charge in [0.2, 0.25) is 0 Å². The van der Waals surface area contributed by atoms with Gasteiger partial charge in [-0.1, -0.05) is 139 Å². The molecular weight excluding hydrogens is 544 g/mol. The topological polar surface area (TPSA) is 13.1 Å². The maximum absolute atomic E-state index is 9.71. The van der Waals surface area contributed by atoms with Gasteiger partial charge in [0.05, 0.1) is 13.7 Å². The summed E-state index contributed by atoms with van der Waals surface area (Å²) in [6.45, 7) is 0. The van der Waals surface area contributed by atoms with Crippen LogP contribution in [-0.2, 0) is 0 Å². The largest absolute Gasteiger partial charge is 0.456 e. The zero-order valence-electron chi connectivity index (χ0n) is 33.8. The molecule has 9 aromatic rings. The molecule has 1 heteroatoms.